The molecule has 0 saturated carbocycles. The zero-order valence-corrected chi connectivity index (χ0v) is 20.4. The van der Waals surface area contributed by atoms with E-state index in [0.717, 1.165) is 0 Å². The number of aromatic nitrogens is 2. The lowest BCUT2D eigenvalue weighted by Gasteiger charge is -2.34. The van der Waals surface area contributed by atoms with E-state index < -0.39 is 57.7 Å². The second-order valence-electron chi connectivity index (χ2n) is 8.42. The van der Waals surface area contributed by atoms with Crippen LogP contribution in [0.1, 0.15) is 12.5 Å². The maximum atomic E-state index is 13.2. The molecule has 2 aliphatic heterocycles. The number of hydrazine groups is 1. The van der Waals surface area contributed by atoms with Crippen LogP contribution in [-0.2, 0) is 30.5 Å². The molecule has 2 unspecified atom stereocenters. The lowest BCUT2D eigenvalue weighted by molar-refractivity contribution is -0.219. The van der Waals surface area contributed by atoms with E-state index in [4.69, 9.17) is 9.47 Å². The van der Waals surface area contributed by atoms with Crippen LogP contribution in [0.5, 0.6) is 0 Å². The largest absolute Gasteiger partial charge is 0.419 e. The minimum absolute atomic E-state index is 0.0563. The van der Waals surface area contributed by atoms with Crippen molar-refractivity contribution >= 4 is 21.9 Å². The van der Waals surface area contributed by atoms with Crippen LogP contribution in [0.2, 0.25) is 0 Å². The van der Waals surface area contributed by atoms with Crippen molar-refractivity contribution in [2.45, 2.75) is 31.5 Å². The highest BCUT2D eigenvalue weighted by Gasteiger charge is 2.52. The van der Waals surface area contributed by atoms with E-state index in [1.54, 1.807) is 4.90 Å². The van der Waals surface area contributed by atoms with Crippen LogP contribution in [0, 0.1) is 5.92 Å². The number of rotatable bonds is 9. The molecular weight excluding hydrogens is 538 g/mol. The van der Waals surface area contributed by atoms with E-state index in [9.17, 15) is 39.6 Å². The van der Waals surface area contributed by atoms with Gasteiger partial charge in [-0.2, -0.15) is 30.6 Å². The van der Waals surface area contributed by atoms with Gasteiger partial charge in [0.2, 0.25) is 21.9 Å². The highest BCUT2D eigenvalue weighted by atomic mass is 32.2. The summed E-state index contributed by atoms with van der Waals surface area (Å²) in [5, 5.41) is 0. The van der Waals surface area contributed by atoms with Crippen molar-refractivity contribution in [2.75, 3.05) is 56.6 Å². The second-order valence-corrected chi connectivity index (χ2v) is 10.5. The first-order valence-corrected chi connectivity index (χ1v) is 12.7. The molecule has 0 spiro atoms. The van der Waals surface area contributed by atoms with E-state index in [1.807, 2.05) is 5.43 Å². The highest BCUT2D eigenvalue weighted by Crippen LogP contribution is 2.32. The Morgan fingerprint density at radius 1 is 1.11 bits per heavy atom. The van der Waals surface area contributed by atoms with Crippen molar-refractivity contribution < 1.29 is 49.0 Å². The molecule has 2 saturated heterocycles. The van der Waals surface area contributed by atoms with E-state index in [2.05, 4.69) is 15.4 Å². The van der Waals surface area contributed by atoms with E-state index in [0.29, 0.717) is 12.4 Å². The third-order valence-electron chi connectivity index (χ3n) is 5.65. The summed E-state index contributed by atoms with van der Waals surface area (Å²) in [6, 6.07) is 0. The Hall–Kier alpha value is -2.28. The minimum Gasteiger partial charge on any atom is -0.378 e. The number of hydrogen-bond donors (Lipinski definition) is 2. The molecule has 1 aromatic heterocycles. The molecule has 210 valence electrons. The number of anilines is 1. The van der Waals surface area contributed by atoms with Gasteiger partial charge in [-0.05, 0) is 6.92 Å². The molecule has 0 radical (unpaired) electrons. The number of nitrogens with zero attached hydrogens (tertiary/aromatic N) is 4. The monoisotopic (exact) mass is 564 g/mol. The summed E-state index contributed by atoms with van der Waals surface area (Å²) in [6.07, 6.45) is -10.4. The van der Waals surface area contributed by atoms with E-state index in [1.165, 1.54) is 11.2 Å². The molecule has 37 heavy (non-hydrogen) atoms. The normalized spacial score (nSPS) is 23.1. The molecule has 2 N–H and O–H groups in total. The molecule has 18 heteroatoms. The number of piperazine rings is 1. The Balaban J connectivity index is 1.41. The summed E-state index contributed by atoms with van der Waals surface area (Å²) in [7, 11) is -3.74. The fraction of sp³-hybridized carbons (Fsp3) is 0.737. The molecular formula is C19H26F6N6O5S. The molecule has 2 fully saturated rings. The van der Waals surface area contributed by atoms with Crippen LogP contribution in [0.25, 0.3) is 0 Å². The Kier molecular flexibility index (Phi) is 9.20. The number of sulfonamides is 1. The first-order chi connectivity index (χ1) is 17.2. The number of nitrogens with one attached hydrogen (secondary N) is 2. The number of amides is 1. The predicted molar refractivity (Wildman–Crippen MR) is 115 cm³/mol. The fourth-order valence-corrected chi connectivity index (χ4v) is 5.07. The Labute approximate surface area is 208 Å². The molecule has 3 atom stereocenters. The fourth-order valence-electron chi connectivity index (χ4n) is 3.77. The Morgan fingerprint density at radius 3 is 2.30 bits per heavy atom. The molecule has 3 heterocycles. The van der Waals surface area contributed by atoms with Crippen LogP contribution in [0.4, 0.5) is 32.3 Å². The highest BCUT2D eigenvalue weighted by molar-refractivity contribution is 7.89. The van der Waals surface area contributed by atoms with Crippen molar-refractivity contribution in [3.63, 3.8) is 0 Å². The van der Waals surface area contributed by atoms with Gasteiger partial charge in [0.15, 0.2) is 5.92 Å². The Bertz CT molecular complexity index is 1020. The lowest BCUT2D eigenvalue weighted by atomic mass is 9.99. The van der Waals surface area contributed by atoms with Gasteiger partial charge in [0, 0.05) is 45.1 Å². The average Bonchev–Trinajstić information content (AvgIpc) is 2.81. The van der Waals surface area contributed by atoms with Crippen molar-refractivity contribution in [2.24, 2.45) is 5.92 Å². The van der Waals surface area contributed by atoms with Crippen molar-refractivity contribution in [3.8, 4) is 0 Å². The van der Waals surface area contributed by atoms with Gasteiger partial charge in [-0.1, -0.05) is 0 Å². The van der Waals surface area contributed by atoms with E-state index >= 15 is 0 Å². The second kappa shape index (κ2) is 11.6. The van der Waals surface area contributed by atoms with Crippen LogP contribution >= 0.6 is 0 Å². The Morgan fingerprint density at radius 2 is 1.73 bits per heavy atom. The molecule has 0 bridgehead atoms. The maximum absolute atomic E-state index is 13.2. The summed E-state index contributed by atoms with van der Waals surface area (Å²) in [6.45, 7) is 1.18. The van der Waals surface area contributed by atoms with Crippen molar-refractivity contribution in [1.29, 1.82) is 0 Å². The zero-order chi connectivity index (χ0) is 27.4. The van der Waals surface area contributed by atoms with Gasteiger partial charge in [-0.15, -0.1) is 0 Å². The molecule has 11 nitrogen and oxygen atoms in total. The number of carbonyl (C=O) groups excluding carboxylic acids is 1. The number of ether oxygens (including phenoxy) is 2. The SMILES string of the molecule is C[C@@H](COCCS(=O)(=O)N1CCN(c2ncc(C(F)(F)F)cn2)CC1)OC1CNNC(=O)C1C(F)(F)F. The lowest BCUT2D eigenvalue weighted by Crippen LogP contribution is -2.60. The number of hydrogen-bond acceptors (Lipinski definition) is 9. The first-order valence-electron chi connectivity index (χ1n) is 11.1. The summed E-state index contributed by atoms with van der Waals surface area (Å²) in [5.74, 6) is -3.94. The molecule has 2 aliphatic rings. The maximum Gasteiger partial charge on any atom is 0.419 e. The molecule has 1 amide bonds. The quantitative estimate of drug-likeness (QED) is 0.327. The van der Waals surface area contributed by atoms with E-state index in [-0.39, 0.29) is 51.9 Å². The topological polar surface area (TPSA) is 126 Å². The number of alkyl halides is 6. The van der Waals surface area contributed by atoms with Crippen molar-refractivity contribution in [1.82, 2.24) is 25.1 Å². The van der Waals surface area contributed by atoms with Gasteiger partial charge in [0.05, 0.1) is 36.7 Å². The minimum atomic E-state index is -4.80. The summed E-state index contributed by atoms with van der Waals surface area (Å²) in [5.41, 5.74) is 3.26. The van der Waals surface area contributed by atoms with Crippen LogP contribution in [0.3, 0.4) is 0 Å². The van der Waals surface area contributed by atoms with Gasteiger partial charge in [0.25, 0.3) is 0 Å². The molecule has 1 aromatic rings. The molecule has 0 aliphatic carbocycles. The standard InChI is InChI=1S/C19H26F6N6O5S/c1-12(36-14-10-28-29-16(32)15(14)19(23,24)25)11-35-6-7-37(33,34)31-4-2-30(3-5-31)17-26-8-13(9-27-17)18(20,21)22/h8-9,12,14-15,28H,2-7,10-11H2,1H3,(H,29,32)/t12-,14?,15?/m0/s1. The zero-order valence-electron chi connectivity index (χ0n) is 19.5. The summed E-state index contributed by atoms with van der Waals surface area (Å²) >= 11 is 0. The third kappa shape index (κ3) is 7.86. The molecule has 0 aromatic carbocycles. The summed E-state index contributed by atoms with van der Waals surface area (Å²) in [4.78, 5) is 20.6. The van der Waals surface area contributed by atoms with Gasteiger partial charge in [0.1, 0.15) is 0 Å². The average molecular weight is 565 g/mol. The van der Waals surface area contributed by atoms with Crippen LogP contribution in [0.15, 0.2) is 12.4 Å². The van der Waals surface area contributed by atoms with Crippen LogP contribution in [-0.4, -0.2) is 98.7 Å². The van der Waals surface area contributed by atoms with Crippen LogP contribution < -0.4 is 15.8 Å². The molecule has 3 rings (SSSR count). The number of carbonyl (C=O) groups is 1. The first kappa shape index (κ1) is 29.3. The van der Waals surface area contributed by atoms with Gasteiger partial charge < -0.3 is 14.4 Å². The van der Waals surface area contributed by atoms with Gasteiger partial charge in [-0.25, -0.2) is 23.8 Å². The smallest absolute Gasteiger partial charge is 0.378 e. The third-order valence-corrected chi connectivity index (χ3v) is 7.48. The summed E-state index contributed by atoms with van der Waals surface area (Å²) < 4.78 is 114. The van der Waals surface area contributed by atoms with Gasteiger partial charge in [-0.3, -0.25) is 10.2 Å². The number of halogens is 6. The predicted octanol–water partition coefficient (Wildman–Crippen LogP) is 0.550. The van der Waals surface area contributed by atoms with Gasteiger partial charge >= 0.3 is 12.4 Å². The van der Waals surface area contributed by atoms with Crippen molar-refractivity contribution in [3.05, 3.63) is 18.0 Å².